The summed E-state index contributed by atoms with van der Waals surface area (Å²) in [6, 6.07) is 5.05. The second kappa shape index (κ2) is 10.4. The lowest BCUT2D eigenvalue weighted by Gasteiger charge is -2.17. The standard InChI is InChI=1S/C16H25ClN2O3/c1-3-5-12(8-9-20)10-18-16(21)19-15-7-4-6-14(17)13(15)11-22-2/h4,6-7,12,20H,3,5,8-11H2,1-2H3,(H2,18,19,21). The molecule has 0 saturated heterocycles. The number of ether oxygens (including phenoxy) is 1. The van der Waals surface area contributed by atoms with E-state index in [2.05, 4.69) is 17.6 Å². The highest BCUT2D eigenvalue weighted by molar-refractivity contribution is 6.31. The van der Waals surface area contributed by atoms with E-state index < -0.39 is 0 Å². The van der Waals surface area contributed by atoms with Gasteiger partial charge in [0.1, 0.15) is 0 Å². The van der Waals surface area contributed by atoms with E-state index >= 15 is 0 Å². The molecule has 0 spiro atoms. The molecule has 0 aliphatic rings. The fraction of sp³-hybridized carbons (Fsp3) is 0.562. The number of benzene rings is 1. The van der Waals surface area contributed by atoms with Crippen LogP contribution < -0.4 is 10.6 Å². The third kappa shape index (κ3) is 6.22. The number of hydrogen-bond donors (Lipinski definition) is 3. The lowest BCUT2D eigenvalue weighted by molar-refractivity contribution is 0.185. The molecule has 1 aromatic rings. The van der Waals surface area contributed by atoms with Crippen LogP contribution in [-0.2, 0) is 11.3 Å². The predicted octanol–water partition coefficient (Wildman–Crippen LogP) is 3.41. The largest absolute Gasteiger partial charge is 0.396 e. The van der Waals surface area contributed by atoms with Crippen LogP contribution >= 0.6 is 11.6 Å². The smallest absolute Gasteiger partial charge is 0.319 e. The molecule has 0 radical (unpaired) electrons. The monoisotopic (exact) mass is 328 g/mol. The molecule has 0 fully saturated rings. The Morgan fingerprint density at radius 1 is 1.41 bits per heavy atom. The van der Waals surface area contributed by atoms with Gasteiger partial charge in [-0.05, 0) is 30.9 Å². The van der Waals surface area contributed by atoms with E-state index in [1.165, 1.54) is 0 Å². The van der Waals surface area contributed by atoms with E-state index in [4.69, 9.17) is 21.4 Å². The highest BCUT2D eigenvalue weighted by Gasteiger charge is 2.12. The number of carbonyl (C=O) groups is 1. The van der Waals surface area contributed by atoms with Gasteiger partial charge in [-0.25, -0.2) is 4.79 Å². The van der Waals surface area contributed by atoms with Crippen LogP contribution in [0.3, 0.4) is 0 Å². The number of aliphatic hydroxyl groups is 1. The Kier molecular flexibility index (Phi) is 8.89. The zero-order valence-electron chi connectivity index (χ0n) is 13.2. The van der Waals surface area contributed by atoms with Crippen LogP contribution in [0.4, 0.5) is 10.5 Å². The number of urea groups is 1. The van der Waals surface area contributed by atoms with E-state index in [1.54, 1.807) is 25.3 Å². The lowest BCUT2D eigenvalue weighted by Crippen LogP contribution is -2.33. The van der Waals surface area contributed by atoms with Gasteiger partial charge in [-0.2, -0.15) is 0 Å². The zero-order valence-corrected chi connectivity index (χ0v) is 13.9. The molecular formula is C16H25ClN2O3. The zero-order chi connectivity index (χ0) is 16.4. The third-order valence-corrected chi connectivity index (χ3v) is 3.80. The maximum atomic E-state index is 12.0. The van der Waals surface area contributed by atoms with Crippen molar-refractivity contribution in [3.63, 3.8) is 0 Å². The van der Waals surface area contributed by atoms with Crippen LogP contribution in [0, 0.1) is 5.92 Å². The van der Waals surface area contributed by atoms with Crippen LogP contribution in [0.25, 0.3) is 0 Å². The minimum absolute atomic E-state index is 0.139. The van der Waals surface area contributed by atoms with E-state index in [9.17, 15) is 4.79 Å². The van der Waals surface area contributed by atoms with Gasteiger partial charge in [-0.1, -0.05) is 31.0 Å². The molecule has 1 unspecified atom stereocenters. The number of hydrogen-bond acceptors (Lipinski definition) is 3. The van der Waals surface area contributed by atoms with Crippen molar-refractivity contribution in [3.8, 4) is 0 Å². The first kappa shape index (κ1) is 18.7. The first-order chi connectivity index (χ1) is 10.6. The van der Waals surface area contributed by atoms with Gasteiger partial charge in [-0.15, -0.1) is 0 Å². The molecule has 1 atom stereocenters. The molecule has 0 heterocycles. The van der Waals surface area contributed by atoms with Gasteiger partial charge in [0.15, 0.2) is 0 Å². The first-order valence-electron chi connectivity index (χ1n) is 7.54. The molecule has 0 aliphatic heterocycles. The van der Waals surface area contributed by atoms with E-state index in [0.717, 1.165) is 18.4 Å². The summed E-state index contributed by atoms with van der Waals surface area (Å²) in [6.07, 6.45) is 2.70. The fourth-order valence-electron chi connectivity index (χ4n) is 2.31. The van der Waals surface area contributed by atoms with Gasteiger partial charge in [0.25, 0.3) is 0 Å². The van der Waals surface area contributed by atoms with Crippen LogP contribution in [0.15, 0.2) is 18.2 Å². The maximum Gasteiger partial charge on any atom is 0.319 e. The number of rotatable bonds is 9. The number of halogens is 1. The number of carbonyl (C=O) groups excluding carboxylic acids is 1. The SMILES string of the molecule is CCCC(CCO)CNC(=O)Nc1cccc(Cl)c1COC. The predicted molar refractivity (Wildman–Crippen MR) is 89.3 cm³/mol. The van der Waals surface area contributed by atoms with Crippen molar-refractivity contribution in [1.82, 2.24) is 5.32 Å². The summed E-state index contributed by atoms with van der Waals surface area (Å²) in [5.41, 5.74) is 1.39. The van der Waals surface area contributed by atoms with Gasteiger partial charge in [0.2, 0.25) is 0 Å². The van der Waals surface area contributed by atoms with Crippen LogP contribution in [0.5, 0.6) is 0 Å². The summed E-state index contributed by atoms with van der Waals surface area (Å²) in [5.74, 6) is 0.290. The molecule has 0 aliphatic carbocycles. The van der Waals surface area contributed by atoms with E-state index in [0.29, 0.717) is 36.2 Å². The molecular weight excluding hydrogens is 304 g/mol. The summed E-state index contributed by atoms with van der Waals surface area (Å²) in [7, 11) is 1.58. The molecule has 6 heteroatoms. The average Bonchev–Trinajstić information content (AvgIpc) is 2.49. The highest BCUT2D eigenvalue weighted by atomic mass is 35.5. The Balaban J connectivity index is 2.59. The summed E-state index contributed by atoms with van der Waals surface area (Å²) in [4.78, 5) is 12.0. The Morgan fingerprint density at radius 2 is 2.18 bits per heavy atom. The molecule has 1 rings (SSSR count). The number of nitrogens with one attached hydrogen (secondary N) is 2. The van der Waals surface area contributed by atoms with Gasteiger partial charge >= 0.3 is 6.03 Å². The molecule has 5 nitrogen and oxygen atoms in total. The summed E-state index contributed by atoms with van der Waals surface area (Å²) >= 11 is 6.12. The minimum Gasteiger partial charge on any atom is -0.396 e. The number of aliphatic hydroxyl groups excluding tert-OH is 1. The van der Waals surface area contributed by atoms with Gasteiger partial charge < -0.3 is 20.5 Å². The molecule has 0 aromatic heterocycles. The van der Waals surface area contributed by atoms with Crippen molar-refractivity contribution in [1.29, 1.82) is 0 Å². The van der Waals surface area contributed by atoms with Crippen molar-refractivity contribution in [2.24, 2.45) is 5.92 Å². The molecule has 124 valence electrons. The Hall–Kier alpha value is -1.30. The lowest BCUT2D eigenvalue weighted by atomic mass is 10.0. The molecule has 0 bridgehead atoms. The molecule has 2 amide bonds. The number of anilines is 1. The second-order valence-corrected chi connectivity index (χ2v) is 5.61. The summed E-state index contributed by atoms with van der Waals surface area (Å²) in [5, 5.41) is 15.2. The Bertz CT molecular complexity index is 463. The second-order valence-electron chi connectivity index (χ2n) is 5.20. The summed E-state index contributed by atoms with van der Waals surface area (Å²) < 4.78 is 5.11. The van der Waals surface area contributed by atoms with Crippen molar-refractivity contribution < 1.29 is 14.6 Å². The fourth-order valence-corrected chi connectivity index (χ4v) is 2.54. The molecule has 1 aromatic carbocycles. The highest BCUT2D eigenvalue weighted by Crippen LogP contribution is 2.25. The van der Waals surface area contributed by atoms with E-state index in [-0.39, 0.29) is 12.6 Å². The van der Waals surface area contributed by atoms with Crippen LogP contribution in [0.1, 0.15) is 31.7 Å². The topological polar surface area (TPSA) is 70.6 Å². The molecule has 3 N–H and O–H groups in total. The Morgan fingerprint density at radius 3 is 2.82 bits per heavy atom. The normalized spacial score (nSPS) is 12.0. The first-order valence-corrected chi connectivity index (χ1v) is 7.92. The molecule has 22 heavy (non-hydrogen) atoms. The maximum absolute atomic E-state index is 12.0. The number of amides is 2. The van der Waals surface area contributed by atoms with Gasteiger partial charge in [-0.3, -0.25) is 0 Å². The van der Waals surface area contributed by atoms with Crippen molar-refractivity contribution in [3.05, 3.63) is 28.8 Å². The third-order valence-electron chi connectivity index (χ3n) is 3.44. The van der Waals surface area contributed by atoms with Gasteiger partial charge in [0.05, 0.1) is 6.61 Å². The van der Waals surface area contributed by atoms with Gasteiger partial charge in [0, 0.05) is 36.5 Å². The minimum atomic E-state index is -0.279. The average molecular weight is 329 g/mol. The van der Waals surface area contributed by atoms with E-state index in [1.807, 2.05) is 0 Å². The number of methoxy groups -OCH3 is 1. The van der Waals surface area contributed by atoms with Crippen molar-refractivity contribution in [2.45, 2.75) is 32.8 Å². The van der Waals surface area contributed by atoms with Crippen LogP contribution in [-0.4, -0.2) is 31.4 Å². The quantitative estimate of drug-likeness (QED) is 0.650. The Labute approximate surface area is 137 Å². The molecule has 0 saturated carbocycles. The van der Waals surface area contributed by atoms with Crippen LogP contribution in [0.2, 0.25) is 5.02 Å². The summed E-state index contributed by atoms with van der Waals surface area (Å²) in [6.45, 7) is 3.10. The van der Waals surface area contributed by atoms with Crippen molar-refractivity contribution in [2.75, 3.05) is 25.6 Å². The van der Waals surface area contributed by atoms with Crippen molar-refractivity contribution >= 4 is 23.3 Å².